The molecule has 0 unspecified atom stereocenters. The normalized spacial score (nSPS) is 12.1. The number of carbonyl (C=O) groups is 1. The molecule has 1 aliphatic heterocycles. The van der Waals surface area contributed by atoms with Gasteiger partial charge in [0.2, 0.25) is 0 Å². The second kappa shape index (κ2) is 7.21. The Hall–Kier alpha value is -3.40. The topological polar surface area (TPSA) is 62.8 Å². The molecule has 4 rings (SSSR count). The zero-order valence-electron chi connectivity index (χ0n) is 17.0. The molecule has 2 aromatic rings. The van der Waals surface area contributed by atoms with E-state index in [9.17, 15) is 9.90 Å². The van der Waals surface area contributed by atoms with Gasteiger partial charge in [-0.25, -0.2) is 4.79 Å². The molecule has 4 heteroatoms. The summed E-state index contributed by atoms with van der Waals surface area (Å²) in [4.78, 5) is 16.5. The Labute approximate surface area is 169 Å². The van der Waals surface area contributed by atoms with Crippen LogP contribution in [0.4, 0.5) is 0 Å². The number of aromatic carboxylic acids is 1. The first-order valence-electron chi connectivity index (χ1n) is 9.72. The quantitative estimate of drug-likeness (QED) is 0.457. The van der Waals surface area contributed by atoms with Gasteiger partial charge in [-0.1, -0.05) is 18.2 Å². The third-order valence-corrected chi connectivity index (χ3v) is 5.41. The summed E-state index contributed by atoms with van der Waals surface area (Å²) >= 11 is 0. The van der Waals surface area contributed by atoms with Gasteiger partial charge in [0.1, 0.15) is 11.3 Å². The number of nitrogens with zero attached hydrogens (tertiary/aromatic N) is 1. The van der Waals surface area contributed by atoms with Crippen molar-refractivity contribution < 1.29 is 14.3 Å². The third-order valence-electron chi connectivity index (χ3n) is 5.41. The Morgan fingerprint density at radius 3 is 2.41 bits per heavy atom. The van der Waals surface area contributed by atoms with Gasteiger partial charge in [-0.3, -0.25) is 4.99 Å². The molecule has 0 aromatic heterocycles. The van der Waals surface area contributed by atoms with Gasteiger partial charge >= 0.3 is 5.97 Å². The Morgan fingerprint density at radius 2 is 1.69 bits per heavy atom. The molecule has 1 heterocycles. The van der Waals surface area contributed by atoms with Gasteiger partial charge in [-0.2, -0.15) is 0 Å². The van der Waals surface area contributed by atoms with E-state index < -0.39 is 5.97 Å². The zero-order chi connectivity index (χ0) is 20.7. The summed E-state index contributed by atoms with van der Waals surface area (Å²) in [5.41, 5.74) is 6.77. The Balaban J connectivity index is 2.24. The van der Waals surface area contributed by atoms with Crippen LogP contribution in [0.15, 0.2) is 57.9 Å². The molecule has 0 atom stereocenters. The molecule has 146 valence electrons. The van der Waals surface area contributed by atoms with Crippen LogP contribution < -0.4 is 5.36 Å². The zero-order valence-corrected chi connectivity index (χ0v) is 17.0. The van der Waals surface area contributed by atoms with Crippen molar-refractivity contribution in [2.45, 2.75) is 27.7 Å². The maximum Gasteiger partial charge on any atom is 0.336 e. The van der Waals surface area contributed by atoms with Crippen molar-refractivity contribution in [3.63, 3.8) is 0 Å². The van der Waals surface area contributed by atoms with Gasteiger partial charge in [0, 0.05) is 29.1 Å². The molecule has 0 saturated carbocycles. The van der Waals surface area contributed by atoms with Crippen molar-refractivity contribution in [3.05, 3.63) is 76.1 Å². The van der Waals surface area contributed by atoms with Crippen molar-refractivity contribution in [1.29, 1.82) is 0 Å². The number of rotatable bonds is 3. The van der Waals surface area contributed by atoms with E-state index in [1.54, 1.807) is 12.1 Å². The van der Waals surface area contributed by atoms with Crippen molar-refractivity contribution >= 4 is 16.9 Å². The summed E-state index contributed by atoms with van der Waals surface area (Å²) in [7, 11) is 0. The summed E-state index contributed by atoms with van der Waals surface area (Å²) < 4.78 is 6.28. The van der Waals surface area contributed by atoms with E-state index >= 15 is 0 Å². The molecule has 1 N–H and O–H groups in total. The van der Waals surface area contributed by atoms with Crippen molar-refractivity contribution in [3.8, 4) is 22.5 Å². The minimum Gasteiger partial charge on any atom is -0.478 e. The average molecular weight is 385 g/mol. The van der Waals surface area contributed by atoms with Crippen LogP contribution in [-0.4, -0.2) is 17.6 Å². The lowest BCUT2D eigenvalue weighted by atomic mass is 9.89. The number of fused-ring (bicyclic) bond motifs is 2. The minimum atomic E-state index is -0.944. The van der Waals surface area contributed by atoms with Gasteiger partial charge in [0.15, 0.2) is 0 Å². The van der Waals surface area contributed by atoms with Crippen LogP contribution in [0, 0.1) is 20.8 Å². The maximum atomic E-state index is 12.0. The number of hydrogen-bond donors (Lipinski definition) is 1. The maximum absolute atomic E-state index is 12.0. The van der Waals surface area contributed by atoms with Crippen LogP contribution in [0.1, 0.15) is 34.0 Å². The fourth-order valence-electron chi connectivity index (χ4n) is 3.81. The number of carboxylic acid groups (broad SMARTS) is 1. The predicted molar refractivity (Wildman–Crippen MR) is 116 cm³/mol. The molecule has 0 radical (unpaired) electrons. The molecule has 2 aliphatic rings. The fourth-order valence-corrected chi connectivity index (χ4v) is 3.81. The SMILES string of the molecule is CCN=c1cc2oc3cc(C)c(C)cc3c(-c3ccccc3C(=O)O)c-2cc1C. The summed E-state index contributed by atoms with van der Waals surface area (Å²) in [6.45, 7) is 8.81. The highest BCUT2D eigenvalue weighted by Crippen LogP contribution is 2.42. The van der Waals surface area contributed by atoms with Crippen LogP contribution in [0.5, 0.6) is 0 Å². The van der Waals surface area contributed by atoms with Crippen LogP contribution in [0.25, 0.3) is 33.4 Å². The molecular weight excluding hydrogens is 362 g/mol. The van der Waals surface area contributed by atoms with E-state index in [1.165, 1.54) is 0 Å². The van der Waals surface area contributed by atoms with E-state index in [1.807, 2.05) is 45.0 Å². The van der Waals surface area contributed by atoms with Crippen molar-refractivity contribution in [1.82, 2.24) is 0 Å². The van der Waals surface area contributed by atoms with E-state index in [0.29, 0.717) is 17.9 Å². The summed E-state index contributed by atoms with van der Waals surface area (Å²) in [5, 5.41) is 11.6. The second-order valence-corrected chi connectivity index (χ2v) is 7.37. The van der Waals surface area contributed by atoms with E-state index in [0.717, 1.165) is 44.1 Å². The molecular formula is C25H23NO3. The fraction of sp³-hybridized carbons (Fsp3) is 0.200. The number of benzene rings is 3. The lowest BCUT2D eigenvalue weighted by molar-refractivity contribution is 0.0697. The van der Waals surface area contributed by atoms with E-state index in [4.69, 9.17) is 4.42 Å². The van der Waals surface area contributed by atoms with Gasteiger partial charge < -0.3 is 9.52 Å². The first kappa shape index (κ1) is 18.9. The Kier molecular flexibility index (Phi) is 4.71. The van der Waals surface area contributed by atoms with Crippen LogP contribution in [-0.2, 0) is 0 Å². The molecule has 0 amide bonds. The van der Waals surface area contributed by atoms with Gasteiger partial charge in [0.25, 0.3) is 0 Å². The van der Waals surface area contributed by atoms with Crippen molar-refractivity contribution in [2.24, 2.45) is 4.99 Å². The first-order chi connectivity index (χ1) is 13.9. The molecule has 0 bridgehead atoms. The first-order valence-corrected chi connectivity index (χ1v) is 9.72. The van der Waals surface area contributed by atoms with Crippen molar-refractivity contribution in [2.75, 3.05) is 6.54 Å². The Morgan fingerprint density at radius 1 is 0.966 bits per heavy atom. The second-order valence-electron chi connectivity index (χ2n) is 7.37. The van der Waals surface area contributed by atoms with Gasteiger partial charge in [-0.05, 0) is 74.2 Å². The molecule has 0 spiro atoms. The summed E-state index contributed by atoms with van der Waals surface area (Å²) in [6, 6.07) is 15.3. The number of aryl methyl sites for hydroxylation is 3. The lowest BCUT2D eigenvalue weighted by Gasteiger charge is -2.18. The van der Waals surface area contributed by atoms with Crippen LogP contribution in [0.3, 0.4) is 0 Å². The highest BCUT2D eigenvalue weighted by Gasteiger charge is 2.22. The van der Waals surface area contributed by atoms with E-state index in [-0.39, 0.29) is 5.56 Å². The molecule has 0 saturated heterocycles. The van der Waals surface area contributed by atoms with Gasteiger partial charge in [-0.15, -0.1) is 0 Å². The standard InChI is InChI=1S/C25H23NO3/c1-5-26-21-13-23-20(11-16(21)4)24(17-8-6-7-9-18(17)25(27)28)19-10-14(2)15(3)12-22(19)29-23/h6-13H,5H2,1-4H3,(H,27,28). The minimum absolute atomic E-state index is 0.277. The molecule has 29 heavy (non-hydrogen) atoms. The molecule has 0 fully saturated rings. The average Bonchev–Trinajstić information content (AvgIpc) is 2.69. The van der Waals surface area contributed by atoms with Crippen LogP contribution >= 0.6 is 0 Å². The smallest absolute Gasteiger partial charge is 0.336 e. The highest BCUT2D eigenvalue weighted by atomic mass is 16.4. The number of carboxylic acids is 1. The van der Waals surface area contributed by atoms with Gasteiger partial charge in [0.05, 0.1) is 10.9 Å². The molecule has 1 aliphatic carbocycles. The number of hydrogen-bond acceptors (Lipinski definition) is 3. The van der Waals surface area contributed by atoms with Crippen LogP contribution in [0.2, 0.25) is 0 Å². The molecule has 4 nitrogen and oxygen atoms in total. The highest BCUT2D eigenvalue weighted by molar-refractivity contribution is 6.07. The predicted octanol–water partition coefficient (Wildman–Crippen LogP) is 5.75. The Bertz CT molecular complexity index is 1300. The third kappa shape index (κ3) is 3.21. The summed E-state index contributed by atoms with van der Waals surface area (Å²) in [5.74, 6) is -0.241. The monoisotopic (exact) mass is 385 g/mol. The largest absolute Gasteiger partial charge is 0.478 e. The molecule has 2 aromatic carbocycles. The lowest BCUT2D eigenvalue weighted by Crippen LogP contribution is -2.09. The van der Waals surface area contributed by atoms with E-state index in [2.05, 4.69) is 24.0 Å². The summed E-state index contributed by atoms with van der Waals surface area (Å²) in [6.07, 6.45) is 0.